The molecule has 1 amide bonds. The molecule has 0 saturated carbocycles. The number of hydrogen-bond acceptors (Lipinski definition) is 3. The third-order valence-corrected chi connectivity index (χ3v) is 3.30. The molecule has 0 aromatic heterocycles. The topological polar surface area (TPSA) is 43.8 Å². The van der Waals surface area contributed by atoms with Crippen molar-refractivity contribution in [1.29, 1.82) is 0 Å². The van der Waals surface area contributed by atoms with Gasteiger partial charge in [-0.25, -0.2) is 0 Å². The first kappa shape index (κ1) is 13.1. The zero-order valence-corrected chi connectivity index (χ0v) is 10.6. The summed E-state index contributed by atoms with van der Waals surface area (Å²) in [6.45, 7) is 4.25. The molecular weight excluding hydrogens is 228 g/mol. The van der Waals surface area contributed by atoms with Crippen molar-refractivity contribution in [3.63, 3.8) is 0 Å². The van der Waals surface area contributed by atoms with Crippen molar-refractivity contribution in [2.24, 2.45) is 0 Å². The number of piperazine rings is 1. The van der Waals surface area contributed by atoms with Crippen molar-refractivity contribution < 1.29 is 9.90 Å². The van der Waals surface area contributed by atoms with E-state index in [9.17, 15) is 4.79 Å². The van der Waals surface area contributed by atoms with Crippen molar-refractivity contribution in [3.8, 4) is 0 Å². The predicted molar refractivity (Wildman–Crippen MR) is 70.0 cm³/mol. The second-order valence-electron chi connectivity index (χ2n) is 4.62. The van der Waals surface area contributed by atoms with Gasteiger partial charge in [0.05, 0.1) is 6.61 Å². The maximum absolute atomic E-state index is 11.6. The standard InChI is InChI=1S/C14H20N2O2/c17-11-6-14(18)16-9-7-15(8-10-16)12-13-4-2-1-3-5-13/h1-5,17H,6-12H2. The number of carbonyl (C=O) groups is 1. The lowest BCUT2D eigenvalue weighted by Crippen LogP contribution is -2.48. The third kappa shape index (κ3) is 3.55. The molecule has 4 heteroatoms. The van der Waals surface area contributed by atoms with E-state index in [0.29, 0.717) is 0 Å². The van der Waals surface area contributed by atoms with Crippen LogP contribution in [0.15, 0.2) is 30.3 Å². The summed E-state index contributed by atoms with van der Waals surface area (Å²) in [6.07, 6.45) is 0.249. The van der Waals surface area contributed by atoms with Crippen LogP contribution < -0.4 is 0 Å². The molecule has 0 atom stereocenters. The number of aliphatic hydroxyl groups excluding tert-OH is 1. The van der Waals surface area contributed by atoms with E-state index in [1.165, 1.54) is 5.56 Å². The molecule has 98 valence electrons. The van der Waals surface area contributed by atoms with E-state index < -0.39 is 0 Å². The van der Waals surface area contributed by atoms with E-state index in [4.69, 9.17) is 5.11 Å². The lowest BCUT2D eigenvalue weighted by Gasteiger charge is -2.34. The number of hydrogen-bond donors (Lipinski definition) is 1. The molecular formula is C14H20N2O2. The summed E-state index contributed by atoms with van der Waals surface area (Å²) in [6, 6.07) is 10.4. The summed E-state index contributed by atoms with van der Waals surface area (Å²) in [4.78, 5) is 15.8. The Morgan fingerprint density at radius 2 is 1.78 bits per heavy atom. The van der Waals surface area contributed by atoms with Gasteiger partial charge >= 0.3 is 0 Å². The number of carbonyl (C=O) groups excluding carboxylic acids is 1. The molecule has 1 aromatic carbocycles. The van der Waals surface area contributed by atoms with Gasteiger partial charge in [0.2, 0.25) is 5.91 Å². The average molecular weight is 248 g/mol. The fourth-order valence-electron chi connectivity index (χ4n) is 2.25. The van der Waals surface area contributed by atoms with E-state index in [2.05, 4.69) is 29.2 Å². The lowest BCUT2D eigenvalue weighted by molar-refractivity contribution is -0.133. The SMILES string of the molecule is O=C(CCO)N1CCN(Cc2ccccc2)CC1. The van der Waals surface area contributed by atoms with Crippen LogP contribution in [-0.2, 0) is 11.3 Å². The number of nitrogens with zero attached hydrogens (tertiary/aromatic N) is 2. The van der Waals surface area contributed by atoms with Crippen molar-refractivity contribution in [2.75, 3.05) is 32.8 Å². The first-order chi connectivity index (χ1) is 8.79. The second-order valence-corrected chi connectivity index (χ2v) is 4.62. The van der Waals surface area contributed by atoms with Crippen LogP contribution in [0.25, 0.3) is 0 Å². The summed E-state index contributed by atoms with van der Waals surface area (Å²) in [5.74, 6) is 0.0665. The van der Waals surface area contributed by atoms with Gasteiger partial charge in [-0.1, -0.05) is 30.3 Å². The largest absolute Gasteiger partial charge is 0.396 e. The van der Waals surface area contributed by atoms with Gasteiger partial charge in [0.1, 0.15) is 0 Å². The first-order valence-electron chi connectivity index (χ1n) is 6.44. The van der Waals surface area contributed by atoms with Crippen LogP contribution in [0.3, 0.4) is 0 Å². The average Bonchev–Trinajstić information content (AvgIpc) is 2.41. The minimum absolute atomic E-state index is 0.0525. The van der Waals surface area contributed by atoms with Crippen LogP contribution in [0.1, 0.15) is 12.0 Å². The van der Waals surface area contributed by atoms with Gasteiger partial charge in [-0.2, -0.15) is 0 Å². The summed E-state index contributed by atoms with van der Waals surface area (Å²) >= 11 is 0. The van der Waals surface area contributed by atoms with E-state index in [1.807, 2.05) is 11.0 Å². The highest BCUT2D eigenvalue weighted by atomic mass is 16.3. The van der Waals surface area contributed by atoms with Gasteiger partial charge in [-0.3, -0.25) is 9.69 Å². The van der Waals surface area contributed by atoms with Gasteiger partial charge < -0.3 is 10.0 Å². The zero-order chi connectivity index (χ0) is 12.8. The third-order valence-electron chi connectivity index (χ3n) is 3.30. The highest BCUT2D eigenvalue weighted by Crippen LogP contribution is 2.09. The van der Waals surface area contributed by atoms with Gasteiger partial charge in [-0.15, -0.1) is 0 Å². The van der Waals surface area contributed by atoms with Crippen LogP contribution in [0.5, 0.6) is 0 Å². The highest BCUT2D eigenvalue weighted by Gasteiger charge is 2.20. The summed E-state index contributed by atoms with van der Waals surface area (Å²) in [5.41, 5.74) is 1.31. The molecule has 0 spiro atoms. The first-order valence-corrected chi connectivity index (χ1v) is 6.44. The van der Waals surface area contributed by atoms with Crippen molar-refractivity contribution in [3.05, 3.63) is 35.9 Å². The van der Waals surface area contributed by atoms with E-state index in [0.717, 1.165) is 32.7 Å². The van der Waals surface area contributed by atoms with Crippen LogP contribution in [-0.4, -0.2) is 53.6 Å². The van der Waals surface area contributed by atoms with Crippen LogP contribution in [0.4, 0.5) is 0 Å². The summed E-state index contributed by atoms with van der Waals surface area (Å²) in [7, 11) is 0. The van der Waals surface area contributed by atoms with Crippen molar-refractivity contribution in [1.82, 2.24) is 9.80 Å². The molecule has 0 aliphatic carbocycles. The number of amides is 1. The summed E-state index contributed by atoms with van der Waals surface area (Å²) < 4.78 is 0. The lowest BCUT2D eigenvalue weighted by atomic mass is 10.2. The Bertz CT molecular complexity index is 373. The van der Waals surface area contributed by atoms with Gasteiger partial charge in [0.25, 0.3) is 0 Å². The van der Waals surface area contributed by atoms with Crippen molar-refractivity contribution in [2.45, 2.75) is 13.0 Å². The number of aliphatic hydroxyl groups is 1. The Kier molecular flexibility index (Phi) is 4.73. The molecule has 2 rings (SSSR count). The van der Waals surface area contributed by atoms with Gasteiger partial charge in [-0.05, 0) is 5.56 Å². The van der Waals surface area contributed by atoms with Gasteiger partial charge in [0.15, 0.2) is 0 Å². The minimum Gasteiger partial charge on any atom is -0.396 e. The smallest absolute Gasteiger partial charge is 0.224 e. The molecule has 1 aliphatic rings. The van der Waals surface area contributed by atoms with E-state index in [1.54, 1.807) is 0 Å². The Morgan fingerprint density at radius 1 is 1.11 bits per heavy atom. The molecule has 1 heterocycles. The van der Waals surface area contributed by atoms with Crippen LogP contribution >= 0.6 is 0 Å². The maximum Gasteiger partial charge on any atom is 0.224 e. The fraction of sp³-hybridized carbons (Fsp3) is 0.500. The Hall–Kier alpha value is -1.39. The Morgan fingerprint density at radius 3 is 2.39 bits per heavy atom. The quantitative estimate of drug-likeness (QED) is 0.853. The molecule has 1 aromatic rings. The number of benzene rings is 1. The van der Waals surface area contributed by atoms with Gasteiger partial charge in [0, 0.05) is 39.1 Å². The zero-order valence-electron chi connectivity index (χ0n) is 10.6. The van der Waals surface area contributed by atoms with Crippen molar-refractivity contribution >= 4 is 5.91 Å². The van der Waals surface area contributed by atoms with Crippen LogP contribution in [0, 0.1) is 0 Å². The number of rotatable bonds is 4. The minimum atomic E-state index is -0.0525. The Balaban J connectivity index is 1.78. The molecule has 18 heavy (non-hydrogen) atoms. The predicted octanol–water partition coefficient (Wildman–Crippen LogP) is 0.713. The molecule has 1 fully saturated rings. The maximum atomic E-state index is 11.6. The Labute approximate surface area is 108 Å². The summed E-state index contributed by atoms with van der Waals surface area (Å²) in [5, 5.41) is 8.76. The molecule has 0 bridgehead atoms. The molecule has 1 saturated heterocycles. The second kappa shape index (κ2) is 6.52. The molecule has 1 aliphatic heterocycles. The van der Waals surface area contributed by atoms with Crippen LogP contribution in [0.2, 0.25) is 0 Å². The van der Waals surface area contributed by atoms with E-state index in [-0.39, 0.29) is 18.9 Å². The highest BCUT2D eigenvalue weighted by molar-refractivity contribution is 5.76. The molecule has 0 radical (unpaired) electrons. The normalized spacial score (nSPS) is 16.8. The molecule has 4 nitrogen and oxygen atoms in total. The van der Waals surface area contributed by atoms with E-state index >= 15 is 0 Å². The fourth-order valence-corrected chi connectivity index (χ4v) is 2.25. The monoisotopic (exact) mass is 248 g/mol. The molecule has 0 unspecified atom stereocenters. The molecule has 1 N–H and O–H groups in total.